The van der Waals surface area contributed by atoms with E-state index in [2.05, 4.69) is 32.8 Å². The van der Waals surface area contributed by atoms with Crippen molar-refractivity contribution in [2.24, 2.45) is 0 Å². The average molecular weight is 397 g/mol. The summed E-state index contributed by atoms with van der Waals surface area (Å²) in [5.74, 6) is 0.00494. The number of hydrogen-bond acceptors (Lipinski definition) is 5. The van der Waals surface area contributed by atoms with E-state index in [1.807, 2.05) is 18.2 Å². The predicted octanol–water partition coefficient (Wildman–Crippen LogP) is 2.80. The third kappa shape index (κ3) is 4.15. The van der Waals surface area contributed by atoms with Crippen molar-refractivity contribution in [1.82, 2.24) is 20.0 Å². The standard InChI is InChI=1S/C21H24N4O2S/c26-19-15-23-25(17-7-2-1-6-16(17)19)12-9-21(27)22-14-18(20-8-5-13-28-20)24-10-3-4-11-24/h1-2,5-8,13,15,18H,3-4,9-12,14H2,(H,22,27). The number of amides is 1. The summed E-state index contributed by atoms with van der Waals surface area (Å²) in [7, 11) is 0. The highest BCUT2D eigenvalue weighted by atomic mass is 32.1. The molecule has 0 spiro atoms. The molecule has 1 fully saturated rings. The summed E-state index contributed by atoms with van der Waals surface area (Å²) in [5, 5.41) is 10.0. The van der Waals surface area contributed by atoms with Gasteiger partial charge in [-0.2, -0.15) is 5.10 Å². The van der Waals surface area contributed by atoms with Crippen molar-refractivity contribution in [1.29, 1.82) is 0 Å². The zero-order valence-electron chi connectivity index (χ0n) is 15.7. The maximum atomic E-state index is 12.5. The van der Waals surface area contributed by atoms with Gasteiger partial charge in [0.15, 0.2) is 0 Å². The van der Waals surface area contributed by atoms with E-state index in [0.717, 1.165) is 18.6 Å². The fourth-order valence-electron chi connectivity index (χ4n) is 3.79. The summed E-state index contributed by atoms with van der Waals surface area (Å²) in [6.45, 7) is 3.25. The topological polar surface area (TPSA) is 67.2 Å². The van der Waals surface area contributed by atoms with Crippen LogP contribution >= 0.6 is 11.3 Å². The van der Waals surface area contributed by atoms with Crippen LogP contribution in [0.4, 0.5) is 0 Å². The van der Waals surface area contributed by atoms with E-state index in [1.54, 1.807) is 22.1 Å². The van der Waals surface area contributed by atoms with Crippen LogP contribution in [0.25, 0.3) is 10.9 Å². The number of aromatic nitrogens is 2. The molecule has 1 N–H and O–H groups in total. The minimum absolute atomic E-state index is 0.00494. The highest BCUT2D eigenvalue weighted by molar-refractivity contribution is 7.10. The molecule has 3 heterocycles. The molecule has 1 aliphatic heterocycles. The molecule has 1 aliphatic rings. The molecule has 0 bridgehead atoms. The molecule has 2 aromatic heterocycles. The van der Waals surface area contributed by atoms with Crippen LogP contribution in [0.3, 0.4) is 0 Å². The van der Waals surface area contributed by atoms with Crippen molar-refractivity contribution >= 4 is 28.1 Å². The van der Waals surface area contributed by atoms with Crippen molar-refractivity contribution in [2.75, 3.05) is 19.6 Å². The highest BCUT2D eigenvalue weighted by Crippen LogP contribution is 2.27. The SMILES string of the molecule is O=C(CCn1ncc(=O)c2ccccc21)NCC(c1cccs1)N1CCCC1. The van der Waals surface area contributed by atoms with Crippen LogP contribution < -0.4 is 10.7 Å². The molecule has 28 heavy (non-hydrogen) atoms. The molecule has 1 amide bonds. The van der Waals surface area contributed by atoms with E-state index < -0.39 is 0 Å². The van der Waals surface area contributed by atoms with Gasteiger partial charge in [-0.15, -0.1) is 11.3 Å². The van der Waals surface area contributed by atoms with Crippen molar-refractivity contribution in [3.05, 3.63) is 63.1 Å². The third-order valence-electron chi connectivity index (χ3n) is 5.26. The summed E-state index contributed by atoms with van der Waals surface area (Å²) in [6.07, 6.45) is 4.10. The number of benzene rings is 1. The maximum Gasteiger partial charge on any atom is 0.221 e. The number of likely N-dealkylation sites (tertiary alicyclic amines) is 1. The van der Waals surface area contributed by atoms with Crippen molar-refractivity contribution in [3.8, 4) is 0 Å². The molecule has 0 aliphatic carbocycles. The van der Waals surface area contributed by atoms with Gasteiger partial charge in [0.1, 0.15) is 0 Å². The minimum Gasteiger partial charge on any atom is -0.354 e. The van der Waals surface area contributed by atoms with Gasteiger partial charge in [-0.05, 0) is 49.5 Å². The maximum absolute atomic E-state index is 12.5. The molecule has 1 atom stereocenters. The molecular formula is C21H24N4O2S. The van der Waals surface area contributed by atoms with Crippen LogP contribution in [0.15, 0.2) is 52.8 Å². The smallest absolute Gasteiger partial charge is 0.221 e. The molecule has 1 saturated heterocycles. The Morgan fingerprint density at radius 3 is 2.79 bits per heavy atom. The van der Waals surface area contributed by atoms with Gasteiger partial charge in [0.05, 0.1) is 24.3 Å². The second-order valence-corrected chi connectivity index (χ2v) is 8.06. The number of aryl methyl sites for hydroxylation is 1. The Morgan fingerprint density at radius 1 is 1.18 bits per heavy atom. The minimum atomic E-state index is -0.0966. The Hall–Kier alpha value is -2.51. The van der Waals surface area contributed by atoms with E-state index >= 15 is 0 Å². The molecule has 4 rings (SSSR count). The lowest BCUT2D eigenvalue weighted by Gasteiger charge is -2.27. The van der Waals surface area contributed by atoms with Gasteiger partial charge in [0.25, 0.3) is 0 Å². The lowest BCUT2D eigenvalue weighted by molar-refractivity contribution is -0.121. The van der Waals surface area contributed by atoms with Gasteiger partial charge in [-0.3, -0.25) is 19.2 Å². The number of hydrogen-bond donors (Lipinski definition) is 1. The van der Waals surface area contributed by atoms with Gasteiger partial charge in [0.2, 0.25) is 11.3 Å². The third-order valence-corrected chi connectivity index (χ3v) is 6.23. The Bertz CT molecular complexity index is 993. The molecule has 146 valence electrons. The Labute approximate surface area is 167 Å². The lowest BCUT2D eigenvalue weighted by Crippen LogP contribution is -2.36. The first kappa shape index (κ1) is 18.8. The fraction of sp³-hybridized carbons (Fsp3) is 0.381. The van der Waals surface area contributed by atoms with Crippen molar-refractivity contribution in [3.63, 3.8) is 0 Å². The molecule has 0 radical (unpaired) electrons. The van der Waals surface area contributed by atoms with Crippen LogP contribution in [0.2, 0.25) is 0 Å². The van der Waals surface area contributed by atoms with Crippen LogP contribution in [0.1, 0.15) is 30.2 Å². The number of carbonyl (C=O) groups is 1. The molecule has 1 aromatic carbocycles. The van der Waals surface area contributed by atoms with Crippen LogP contribution in [0.5, 0.6) is 0 Å². The fourth-order valence-corrected chi connectivity index (χ4v) is 4.65. The van der Waals surface area contributed by atoms with Crippen molar-refractivity contribution < 1.29 is 4.79 Å². The van der Waals surface area contributed by atoms with Crippen molar-refractivity contribution in [2.45, 2.75) is 31.8 Å². The number of para-hydroxylation sites is 1. The van der Waals surface area contributed by atoms with Crippen LogP contribution in [-0.4, -0.2) is 40.2 Å². The molecule has 6 nitrogen and oxygen atoms in total. The number of nitrogens with zero attached hydrogens (tertiary/aromatic N) is 3. The van der Waals surface area contributed by atoms with E-state index in [-0.39, 0.29) is 17.4 Å². The summed E-state index contributed by atoms with van der Waals surface area (Å²) >= 11 is 1.75. The number of thiophene rings is 1. The largest absolute Gasteiger partial charge is 0.354 e. The summed E-state index contributed by atoms with van der Waals surface area (Å²) in [5.41, 5.74) is 0.664. The molecule has 7 heteroatoms. The Morgan fingerprint density at radius 2 is 2.00 bits per heavy atom. The summed E-state index contributed by atoms with van der Waals surface area (Å²) < 4.78 is 1.73. The van der Waals surface area contributed by atoms with Gasteiger partial charge in [-0.1, -0.05) is 18.2 Å². The number of fused-ring (bicyclic) bond motifs is 1. The van der Waals surface area contributed by atoms with Crippen LogP contribution in [0, 0.1) is 0 Å². The van der Waals surface area contributed by atoms with E-state index in [1.165, 1.54) is 23.9 Å². The Balaban J connectivity index is 1.38. The molecule has 1 unspecified atom stereocenters. The average Bonchev–Trinajstić information content (AvgIpc) is 3.43. The van der Waals surface area contributed by atoms with Crippen LogP contribution in [-0.2, 0) is 11.3 Å². The quantitative estimate of drug-likeness (QED) is 0.667. The molecule has 0 saturated carbocycles. The van der Waals surface area contributed by atoms with Gasteiger partial charge >= 0.3 is 0 Å². The zero-order chi connectivity index (χ0) is 19.3. The Kier molecular flexibility index (Phi) is 5.83. The van der Waals surface area contributed by atoms with E-state index in [0.29, 0.717) is 24.9 Å². The first-order valence-corrected chi connectivity index (χ1v) is 10.6. The highest BCUT2D eigenvalue weighted by Gasteiger charge is 2.24. The second-order valence-electron chi connectivity index (χ2n) is 7.08. The van der Waals surface area contributed by atoms with Gasteiger partial charge in [0, 0.05) is 23.2 Å². The first-order valence-electron chi connectivity index (χ1n) is 9.71. The van der Waals surface area contributed by atoms with Gasteiger partial charge < -0.3 is 5.32 Å². The normalized spacial score (nSPS) is 15.7. The molecule has 3 aromatic rings. The number of carbonyl (C=O) groups excluding carboxylic acids is 1. The summed E-state index contributed by atoms with van der Waals surface area (Å²) in [6, 6.07) is 11.8. The predicted molar refractivity (Wildman–Crippen MR) is 111 cm³/mol. The second kappa shape index (κ2) is 8.67. The monoisotopic (exact) mass is 396 g/mol. The number of nitrogens with one attached hydrogen (secondary N) is 1. The summed E-state index contributed by atoms with van der Waals surface area (Å²) in [4.78, 5) is 28.2. The molecular weight excluding hydrogens is 372 g/mol. The van der Waals surface area contributed by atoms with E-state index in [9.17, 15) is 9.59 Å². The number of rotatable bonds is 7. The van der Waals surface area contributed by atoms with E-state index in [4.69, 9.17) is 0 Å². The zero-order valence-corrected chi connectivity index (χ0v) is 16.5. The first-order chi connectivity index (χ1) is 13.7. The van der Waals surface area contributed by atoms with Gasteiger partial charge in [-0.25, -0.2) is 0 Å². The lowest BCUT2D eigenvalue weighted by atomic mass is 10.2.